The van der Waals surface area contributed by atoms with E-state index in [1.807, 2.05) is 42.3 Å². The molecule has 3 aliphatic rings. The number of ether oxygens (including phenoxy) is 8. The zero-order chi connectivity index (χ0) is 73.6. The Morgan fingerprint density at radius 3 is 1.62 bits per heavy atom. The first-order valence-corrected chi connectivity index (χ1v) is 36.9. The maximum atomic E-state index is 14.6. The molecular formula is C71H85Cl2N8O20PS. The summed E-state index contributed by atoms with van der Waals surface area (Å²) < 4.78 is 62.1. The lowest BCUT2D eigenvalue weighted by Gasteiger charge is -2.23. The van der Waals surface area contributed by atoms with Gasteiger partial charge in [-0.3, -0.25) is 53.1 Å². The van der Waals surface area contributed by atoms with Gasteiger partial charge in [-0.1, -0.05) is 74.5 Å². The Kier molecular flexibility index (Phi) is 29.6. The van der Waals surface area contributed by atoms with Gasteiger partial charge in [0.15, 0.2) is 0 Å². The van der Waals surface area contributed by atoms with Crippen molar-refractivity contribution in [2.75, 3.05) is 166 Å². The van der Waals surface area contributed by atoms with Crippen molar-refractivity contribution in [2.24, 2.45) is 5.92 Å². The van der Waals surface area contributed by atoms with Gasteiger partial charge in [0.05, 0.1) is 114 Å². The maximum absolute atomic E-state index is 14.6. The third-order valence-corrected chi connectivity index (χ3v) is 19.2. The standard InChI is InChI=1S/C71H85Cl2N8O20PS/c1-46(2)67(76-61(82)21-25-93-27-29-95-31-33-97-35-36-98-34-32-96-30-28-94-26-24-79-63(84)19-20-64(79)85)68(86)74-41-62(83)75-50-15-13-47(14-16-50)44-99-71(89)78(4)23-22-77(3)45-100-57-37-55-65(53-11-7-5-9-51(53)57)48(39-72)42-80(55)69(87)59-17-18-60(103-59)70(88)81-43-49(40-73)66-54-12-8-6-10-52(54)58(38-56(66)81)101-102(90,91)92/h5-20,37-38,46,48-49,67H,21-36,39-45H2,1-4H3,(H,74,86)(H,75,83)(H,76,82)(H2,90,91,92). The Labute approximate surface area is 609 Å². The molecule has 28 nitrogen and oxygen atoms in total. The number of nitrogens with one attached hydrogen (secondary N) is 3. The molecular weight excluding hydrogens is 1420 g/mol. The number of halogens is 2. The molecule has 32 heteroatoms. The van der Waals surface area contributed by atoms with Crippen molar-refractivity contribution in [3.63, 3.8) is 0 Å². The van der Waals surface area contributed by atoms with E-state index in [2.05, 4.69) is 16.0 Å². The van der Waals surface area contributed by atoms with Gasteiger partial charge in [0.2, 0.25) is 17.7 Å². The number of benzene rings is 5. The number of rotatable bonds is 41. The highest BCUT2D eigenvalue weighted by Crippen LogP contribution is 2.50. The van der Waals surface area contributed by atoms with Crippen LogP contribution in [0.4, 0.5) is 21.9 Å². The molecule has 1 aromatic heterocycles. The molecule has 6 aromatic rings. The summed E-state index contributed by atoms with van der Waals surface area (Å²) in [6.45, 7) is 8.34. The number of carbonyl (C=O) groups excluding carboxylic acids is 8. The molecule has 8 amide bonds. The van der Waals surface area contributed by atoms with E-state index in [-0.39, 0.29) is 137 Å². The SMILES string of the molecule is CC(C)C(NC(=O)CCOCCOCCOCCOCCOCCOCCN1C(=O)C=CC1=O)C(=O)NCC(=O)Nc1ccc(COC(=O)N(C)CCN(C)COc2cc3c(c4ccccc24)C(CCl)CN3C(=O)c2ccc(C(=O)N3CC(CCl)c4c3cc(OP(=O)(O)O)c3ccccc43)s2)cc1. The summed E-state index contributed by atoms with van der Waals surface area (Å²) in [5.41, 5.74) is 3.76. The molecule has 3 aliphatic heterocycles. The quantitative estimate of drug-likeness (QED) is 0.00809. The minimum absolute atomic E-state index is 0.00360. The van der Waals surface area contributed by atoms with E-state index in [1.54, 1.807) is 86.5 Å². The number of amides is 8. The molecule has 103 heavy (non-hydrogen) atoms. The second-order valence-corrected chi connectivity index (χ2v) is 27.5. The van der Waals surface area contributed by atoms with Gasteiger partial charge in [-0.2, -0.15) is 0 Å². The van der Waals surface area contributed by atoms with Crippen LogP contribution in [0, 0.1) is 5.92 Å². The Balaban J connectivity index is 0.641. The van der Waals surface area contributed by atoms with Crippen LogP contribution in [0.5, 0.6) is 11.5 Å². The van der Waals surface area contributed by atoms with Crippen molar-refractivity contribution < 1.29 is 95.1 Å². The average Bonchev–Trinajstić information content (AvgIpc) is 1.65. The Morgan fingerprint density at radius 1 is 0.631 bits per heavy atom. The largest absolute Gasteiger partial charge is 0.524 e. The summed E-state index contributed by atoms with van der Waals surface area (Å²) in [5, 5.41) is 10.8. The number of nitrogens with zero attached hydrogens (tertiary/aromatic N) is 5. The van der Waals surface area contributed by atoms with Crippen LogP contribution in [0.15, 0.2) is 109 Å². The van der Waals surface area contributed by atoms with E-state index in [0.717, 1.165) is 38.1 Å². The van der Waals surface area contributed by atoms with Crippen molar-refractivity contribution in [3.8, 4) is 11.5 Å². The van der Waals surface area contributed by atoms with Crippen LogP contribution < -0.4 is 35.0 Å². The van der Waals surface area contributed by atoms with Crippen molar-refractivity contribution in [2.45, 2.75) is 44.8 Å². The summed E-state index contributed by atoms with van der Waals surface area (Å²) in [7, 11) is -1.52. The Morgan fingerprint density at radius 2 is 1.12 bits per heavy atom. The lowest BCUT2D eigenvalue weighted by atomic mass is 9.95. The van der Waals surface area contributed by atoms with Crippen LogP contribution in [-0.4, -0.2) is 229 Å². The molecule has 0 aliphatic carbocycles. The summed E-state index contributed by atoms with van der Waals surface area (Å²) in [5.74, 6) is -2.85. The number of carbonyl (C=O) groups is 8. The Hall–Kier alpha value is -8.13. The predicted molar refractivity (Wildman–Crippen MR) is 386 cm³/mol. The van der Waals surface area contributed by atoms with Crippen molar-refractivity contribution in [3.05, 3.63) is 136 Å². The lowest BCUT2D eigenvalue weighted by molar-refractivity contribution is -0.137. The fraction of sp³-hybridized carbons (Fsp3) is 0.437. The molecule has 0 bridgehead atoms. The number of fused-ring (bicyclic) bond motifs is 6. The smallest absolute Gasteiger partial charge is 0.477 e. The number of anilines is 3. The van der Waals surface area contributed by atoms with Crippen LogP contribution in [0.25, 0.3) is 21.5 Å². The van der Waals surface area contributed by atoms with Gasteiger partial charge in [0, 0.05) is 104 Å². The summed E-state index contributed by atoms with van der Waals surface area (Å²) in [6, 6.07) is 27.0. The third-order valence-electron chi connectivity index (χ3n) is 16.9. The molecule has 0 radical (unpaired) electrons. The minimum Gasteiger partial charge on any atom is -0.477 e. The molecule has 9 rings (SSSR count). The number of alkyl halides is 2. The fourth-order valence-electron chi connectivity index (χ4n) is 11.7. The summed E-state index contributed by atoms with van der Waals surface area (Å²) in [4.78, 5) is 132. The highest BCUT2D eigenvalue weighted by atomic mass is 35.5. The summed E-state index contributed by atoms with van der Waals surface area (Å²) >= 11 is 14.1. The van der Waals surface area contributed by atoms with E-state index in [9.17, 15) is 52.7 Å². The Bertz CT molecular complexity index is 4030. The normalized spacial score (nSPS) is 15.1. The first kappa shape index (κ1) is 79.0. The van der Waals surface area contributed by atoms with Gasteiger partial charge in [-0.15, -0.1) is 34.5 Å². The zero-order valence-electron chi connectivity index (χ0n) is 57.6. The zero-order valence-corrected chi connectivity index (χ0v) is 60.8. The maximum Gasteiger partial charge on any atom is 0.524 e. The second-order valence-electron chi connectivity index (χ2n) is 24.7. The topological polar surface area (TPSA) is 329 Å². The second kappa shape index (κ2) is 38.6. The van der Waals surface area contributed by atoms with Gasteiger partial charge in [-0.05, 0) is 64.7 Å². The summed E-state index contributed by atoms with van der Waals surface area (Å²) in [6.07, 6.45) is 1.90. The van der Waals surface area contributed by atoms with Crippen molar-refractivity contribution in [1.29, 1.82) is 0 Å². The number of hydrogen-bond donors (Lipinski definition) is 5. The molecule has 4 heterocycles. The van der Waals surface area contributed by atoms with E-state index in [1.165, 1.54) is 28.0 Å². The monoisotopic (exact) mass is 1500 g/mol. The third kappa shape index (κ3) is 22.0. The van der Waals surface area contributed by atoms with Gasteiger partial charge in [-0.25, -0.2) is 9.36 Å². The van der Waals surface area contributed by atoms with Crippen LogP contribution in [0.1, 0.15) is 68.1 Å². The highest BCUT2D eigenvalue weighted by Gasteiger charge is 2.39. The van der Waals surface area contributed by atoms with Crippen LogP contribution in [0.2, 0.25) is 0 Å². The predicted octanol–water partition coefficient (Wildman–Crippen LogP) is 7.64. The molecule has 5 N–H and O–H groups in total. The number of phosphoric acid groups is 1. The molecule has 0 spiro atoms. The highest BCUT2D eigenvalue weighted by molar-refractivity contribution is 7.46. The van der Waals surface area contributed by atoms with E-state index >= 15 is 0 Å². The minimum atomic E-state index is -4.98. The molecule has 0 saturated heterocycles. The average molecular weight is 1500 g/mol. The first-order valence-electron chi connectivity index (χ1n) is 33.5. The van der Waals surface area contributed by atoms with Crippen LogP contribution in [0.3, 0.4) is 0 Å². The van der Waals surface area contributed by atoms with Crippen molar-refractivity contribution >= 4 is 128 Å². The van der Waals surface area contributed by atoms with Gasteiger partial charge >= 0.3 is 13.9 Å². The van der Waals surface area contributed by atoms with E-state index < -0.39 is 43.6 Å². The molecule has 3 unspecified atom stereocenters. The van der Waals surface area contributed by atoms with Crippen molar-refractivity contribution in [1.82, 2.24) is 25.3 Å². The number of hydrogen-bond acceptors (Lipinski definition) is 20. The molecule has 0 fully saturated rings. The van der Waals surface area contributed by atoms with Gasteiger partial charge < -0.3 is 73.1 Å². The van der Waals surface area contributed by atoms with Gasteiger partial charge in [0.25, 0.3) is 23.6 Å². The van der Waals surface area contributed by atoms with Crippen LogP contribution in [-0.2, 0) is 68.3 Å². The number of imide groups is 1. The molecule has 3 atom stereocenters. The van der Waals surface area contributed by atoms with Gasteiger partial charge in [0.1, 0.15) is 30.9 Å². The fourth-order valence-corrected chi connectivity index (χ4v) is 13.5. The molecule has 0 saturated carbocycles. The number of thiophene rings is 1. The van der Waals surface area contributed by atoms with E-state index in [0.29, 0.717) is 103 Å². The number of likely N-dealkylation sites (N-methyl/N-ethyl adjacent to an activating group) is 2. The molecule has 5 aromatic carbocycles. The number of phosphoric ester groups is 1. The first-order chi connectivity index (χ1) is 49.6. The van der Waals surface area contributed by atoms with Crippen LogP contribution >= 0.6 is 42.4 Å². The lowest BCUT2D eigenvalue weighted by Crippen LogP contribution is -2.51. The van der Waals surface area contributed by atoms with E-state index in [4.69, 9.17) is 65.6 Å². The molecule has 554 valence electrons.